The van der Waals surface area contributed by atoms with E-state index in [4.69, 9.17) is 10.5 Å². The fraction of sp³-hybridized carbons (Fsp3) is 0.696. The molecule has 164 valence electrons. The molecule has 0 radical (unpaired) electrons. The van der Waals surface area contributed by atoms with Crippen LogP contribution in [0.15, 0.2) is 24.3 Å². The zero-order valence-corrected chi connectivity index (χ0v) is 19.0. The van der Waals surface area contributed by atoms with Crippen molar-refractivity contribution < 1.29 is 9.53 Å². The van der Waals surface area contributed by atoms with Gasteiger partial charge in [-0.25, -0.2) is 4.79 Å². The van der Waals surface area contributed by atoms with Crippen molar-refractivity contribution in [3.63, 3.8) is 0 Å². The number of piperidine rings is 1. The quantitative estimate of drug-likeness (QED) is 0.770. The van der Waals surface area contributed by atoms with E-state index in [0.717, 1.165) is 57.4 Å². The molecule has 2 N–H and O–H groups in total. The maximum Gasteiger partial charge on any atom is 0.410 e. The summed E-state index contributed by atoms with van der Waals surface area (Å²) in [5.74, 6) is 0.739. The van der Waals surface area contributed by atoms with Gasteiger partial charge in [0, 0.05) is 57.2 Å². The minimum Gasteiger partial charge on any atom is -0.444 e. The zero-order valence-electron chi connectivity index (χ0n) is 19.0. The van der Waals surface area contributed by atoms with Crippen molar-refractivity contribution >= 4 is 17.5 Å². The van der Waals surface area contributed by atoms with Gasteiger partial charge in [-0.3, -0.25) is 4.90 Å². The molecule has 1 aromatic rings. The average Bonchev–Trinajstić information content (AvgIpc) is 2.70. The van der Waals surface area contributed by atoms with Crippen LogP contribution in [0.5, 0.6) is 0 Å². The fourth-order valence-corrected chi connectivity index (χ4v) is 3.86. The Morgan fingerprint density at radius 3 is 2.07 bits per heavy atom. The van der Waals surface area contributed by atoms with E-state index in [1.165, 1.54) is 18.5 Å². The van der Waals surface area contributed by atoms with Gasteiger partial charge in [-0.15, -0.1) is 0 Å². The summed E-state index contributed by atoms with van der Waals surface area (Å²) < 4.78 is 5.48. The van der Waals surface area contributed by atoms with Gasteiger partial charge in [0.2, 0.25) is 0 Å². The predicted molar refractivity (Wildman–Crippen MR) is 121 cm³/mol. The monoisotopic (exact) mass is 404 g/mol. The summed E-state index contributed by atoms with van der Waals surface area (Å²) in [4.78, 5) is 19.0. The Labute approximate surface area is 177 Å². The molecule has 2 heterocycles. The molecule has 0 atom stereocenters. The van der Waals surface area contributed by atoms with E-state index in [1.54, 1.807) is 0 Å². The van der Waals surface area contributed by atoms with E-state index in [9.17, 15) is 4.79 Å². The molecule has 0 aliphatic carbocycles. The lowest BCUT2D eigenvalue weighted by Crippen LogP contribution is -2.51. The number of piperazine rings is 1. The Hall–Kier alpha value is -1.95. The number of benzene rings is 1. The number of nitrogen functional groups attached to an aromatic ring is 1. The van der Waals surface area contributed by atoms with Crippen molar-refractivity contribution in [3.05, 3.63) is 24.3 Å². The Morgan fingerprint density at radius 2 is 1.55 bits per heavy atom. The van der Waals surface area contributed by atoms with Crippen LogP contribution in [-0.4, -0.2) is 67.3 Å². The van der Waals surface area contributed by atoms with Crippen LogP contribution in [-0.2, 0) is 4.74 Å². The van der Waals surface area contributed by atoms with E-state index in [1.807, 2.05) is 51.7 Å². The van der Waals surface area contributed by atoms with Gasteiger partial charge in [-0.2, -0.15) is 0 Å². The van der Waals surface area contributed by atoms with Crippen LogP contribution < -0.4 is 10.6 Å². The summed E-state index contributed by atoms with van der Waals surface area (Å²) >= 11 is 0. The third-order valence-electron chi connectivity index (χ3n) is 5.41. The number of ether oxygens (including phenoxy) is 1. The summed E-state index contributed by atoms with van der Waals surface area (Å²) in [7, 11) is 0. The standard InChI is InChI=1S/C21H34N4O2.C2H6/c1-21(2,3)27-20(26)25-14-12-23(13-15-25)16-17-8-10-24(11-9-17)19-6-4-18(22)5-7-19;1-2/h4-7,17H,8-16,22H2,1-3H3;1-2H3. The van der Waals surface area contributed by atoms with Crippen molar-refractivity contribution in [3.8, 4) is 0 Å². The van der Waals surface area contributed by atoms with E-state index in [0.29, 0.717) is 0 Å². The lowest BCUT2D eigenvalue weighted by atomic mass is 9.95. The molecule has 2 fully saturated rings. The van der Waals surface area contributed by atoms with Gasteiger partial charge in [0.05, 0.1) is 0 Å². The van der Waals surface area contributed by atoms with Crippen LogP contribution in [0.2, 0.25) is 0 Å². The molecule has 2 aliphatic heterocycles. The van der Waals surface area contributed by atoms with Crippen molar-refractivity contribution in [2.45, 2.75) is 53.1 Å². The average molecular weight is 405 g/mol. The van der Waals surface area contributed by atoms with E-state index < -0.39 is 5.60 Å². The van der Waals surface area contributed by atoms with Crippen molar-refractivity contribution in [1.82, 2.24) is 9.80 Å². The lowest BCUT2D eigenvalue weighted by molar-refractivity contribution is 0.0130. The number of carbonyl (C=O) groups excluding carboxylic acids is 1. The third-order valence-corrected chi connectivity index (χ3v) is 5.41. The van der Waals surface area contributed by atoms with Crippen LogP contribution in [0.1, 0.15) is 47.5 Å². The first-order valence-electron chi connectivity index (χ1n) is 11.1. The number of nitrogens with two attached hydrogens (primary N) is 1. The largest absolute Gasteiger partial charge is 0.444 e. The maximum atomic E-state index is 12.2. The maximum absolute atomic E-state index is 12.2. The van der Waals surface area contributed by atoms with Crippen LogP contribution in [0.3, 0.4) is 0 Å². The summed E-state index contributed by atoms with van der Waals surface area (Å²) in [5, 5.41) is 0. The first-order chi connectivity index (χ1) is 13.8. The first-order valence-corrected chi connectivity index (χ1v) is 11.1. The van der Waals surface area contributed by atoms with Crippen LogP contribution >= 0.6 is 0 Å². The molecule has 0 bridgehead atoms. The Kier molecular flexibility index (Phi) is 8.62. The van der Waals surface area contributed by atoms with E-state index in [-0.39, 0.29) is 6.09 Å². The molecule has 6 nitrogen and oxygen atoms in total. The molecule has 6 heteroatoms. The molecule has 3 rings (SSSR count). The number of amides is 1. The minimum atomic E-state index is -0.424. The van der Waals surface area contributed by atoms with Crippen molar-refractivity contribution in [1.29, 1.82) is 0 Å². The summed E-state index contributed by atoms with van der Waals surface area (Å²) in [6, 6.07) is 8.19. The van der Waals surface area contributed by atoms with Gasteiger partial charge >= 0.3 is 6.09 Å². The highest BCUT2D eigenvalue weighted by Gasteiger charge is 2.28. The first kappa shape index (κ1) is 23.3. The topological polar surface area (TPSA) is 62.0 Å². The summed E-state index contributed by atoms with van der Waals surface area (Å²) in [6.07, 6.45) is 2.26. The molecule has 1 aromatic carbocycles. The second-order valence-electron chi connectivity index (χ2n) is 8.79. The minimum absolute atomic E-state index is 0.182. The van der Waals surface area contributed by atoms with Crippen molar-refractivity contribution in [2.24, 2.45) is 5.92 Å². The molecule has 2 aliphatic rings. The number of rotatable bonds is 3. The van der Waals surface area contributed by atoms with Gasteiger partial charge in [0.15, 0.2) is 0 Å². The van der Waals surface area contributed by atoms with Crippen LogP contribution in [0.4, 0.5) is 16.2 Å². The number of anilines is 2. The number of hydrogen-bond acceptors (Lipinski definition) is 5. The molecular weight excluding hydrogens is 364 g/mol. The van der Waals surface area contributed by atoms with Crippen LogP contribution in [0, 0.1) is 5.92 Å². The van der Waals surface area contributed by atoms with E-state index >= 15 is 0 Å². The molecule has 0 saturated carbocycles. The highest BCUT2D eigenvalue weighted by Crippen LogP contribution is 2.25. The Balaban J connectivity index is 0.00000145. The van der Waals surface area contributed by atoms with Gasteiger partial charge in [-0.1, -0.05) is 13.8 Å². The Morgan fingerprint density at radius 1 is 1.00 bits per heavy atom. The van der Waals surface area contributed by atoms with Crippen LogP contribution in [0.25, 0.3) is 0 Å². The highest BCUT2D eigenvalue weighted by atomic mass is 16.6. The van der Waals surface area contributed by atoms with Gasteiger partial charge in [-0.05, 0) is 63.8 Å². The predicted octanol–water partition coefficient (Wildman–Crippen LogP) is 4.06. The number of carbonyl (C=O) groups is 1. The van der Waals surface area contributed by atoms with Gasteiger partial charge < -0.3 is 20.3 Å². The Bertz CT molecular complexity index is 611. The molecule has 0 spiro atoms. The summed E-state index contributed by atoms with van der Waals surface area (Å²) in [6.45, 7) is 16.5. The lowest BCUT2D eigenvalue weighted by Gasteiger charge is -2.39. The number of hydrogen-bond donors (Lipinski definition) is 1. The molecule has 1 amide bonds. The molecule has 2 saturated heterocycles. The zero-order chi connectivity index (χ0) is 21.4. The second-order valence-corrected chi connectivity index (χ2v) is 8.79. The third kappa shape index (κ3) is 7.42. The van der Waals surface area contributed by atoms with Gasteiger partial charge in [0.1, 0.15) is 5.60 Å². The normalized spacial score (nSPS) is 18.8. The van der Waals surface area contributed by atoms with Gasteiger partial charge in [0.25, 0.3) is 0 Å². The smallest absolute Gasteiger partial charge is 0.410 e. The second kappa shape index (κ2) is 10.7. The van der Waals surface area contributed by atoms with Crippen molar-refractivity contribution in [2.75, 3.05) is 56.4 Å². The summed E-state index contributed by atoms with van der Waals surface area (Å²) in [5.41, 5.74) is 7.45. The number of nitrogens with zero attached hydrogens (tertiary/aromatic N) is 3. The SMILES string of the molecule is CC.CC(C)(C)OC(=O)N1CCN(CC2CCN(c3ccc(N)cc3)CC2)CC1. The fourth-order valence-electron chi connectivity index (χ4n) is 3.86. The molecule has 0 aromatic heterocycles. The highest BCUT2D eigenvalue weighted by molar-refractivity contribution is 5.68. The molecule has 0 unspecified atom stereocenters. The van der Waals surface area contributed by atoms with E-state index in [2.05, 4.69) is 21.9 Å². The molecular formula is C23H40N4O2. The molecule has 29 heavy (non-hydrogen) atoms.